The molecule has 0 aromatic heterocycles. The standard InChI is InChI=1S/C10H18O2.C2H5O.2H3N/c1-2-3-4-5-6-7-8-9-10(11)12;1-2-3;;/h8-9H,2-7H2,1H3,(H,11,12);2H2,1H3;2*1H3/q;-1;;/p+1. The SMILES string of the molecule is CCCCCCCC=CC(=O)[O-].CC[O-].[NH4+].[NH4+]. The van der Waals surface area contributed by atoms with Gasteiger partial charge >= 0.3 is 0 Å². The van der Waals surface area contributed by atoms with E-state index in [1.807, 2.05) is 0 Å². The van der Waals surface area contributed by atoms with Crippen LogP contribution >= 0.6 is 0 Å². The molecular formula is C12H30N2O3. The zero-order valence-electron chi connectivity index (χ0n) is 11.8. The van der Waals surface area contributed by atoms with E-state index in [-0.39, 0.29) is 18.9 Å². The van der Waals surface area contributed by atoms with Crippen LogP contribution in [-0.4, -0.2) is 12.6 Å². The van der Waals surface area contributed by atoms with Gasteiger partial charge in [0.05, 0.1) is 5.97 Å². The molecule has 0 bridgehead atoms. The van der Waals surface area contributed by atoms with Crippen LogP contribution in [0, 0.1) is 0 Å². The molecule has 5 heteroatoms. The van der Waals surface area contributed by atoms with Crippen molar-refractivity contribution < 1.29 is 15.0 Å². The third kappa shape index (κ3) is 39.5. The van der Waals surface area contributed by atoms with Crippen LogP contribution in [0.4, 0.5) is 0 Å². The van der Waals surface area contributed by atoms with Gasteiger partial charge in [-0.15, -0.1) is 6.61 Å². The molecule has 5 nitrogen and oxygen atoms in total. The van der Waals surface area contributed by atoms with Crippen molar-refractivity contribution in [3.05, 3.63) is 12.2 Å². The van der Waals surface area contributed by atoms with Crippen LogP contribution in [0.5, 0.6) is 0 Å². The summed E-state index contributed by atoms with van der Waals surface area (Å²) in [5, 5.41) is 18.9. The van der Waals surface area contributed by atoms with E-state index in [1.165, 1.54) is 25.7 Å². The Morgan fingerprint density at radius 2 is 1.53 bits per heavy atom. The van der Waals surface area contributed by atoms with Gasteiger partial charge in [0.1, 0.15) is 0 Å². The first-order valence-electron chi connectivity index (χ1n) is 5.64. The summed E-state index contributed by atoms with van der Waals surface area (Å²) in [5.74, 6) is -1.09. The van der Waals surface area contributed by atoms with Gasteiger partial charge in [0.15, 0.2) is 0 Å². The molecule has 0 aromatic carbocycles. The number of carbonyl (C=O) groups is 1. The van der Waals surface area contributed by atoms with Crippen LogP contribution in [0.25, 0.3) is 0 Å². The van der Waals surface area contributed by atoms with Crippen molar-refractivity contribution in [1.82, 2.24) is 12.3 Å². The van der Waals surface area contributed by atoms with Crippen molar-refractivity contribution in [3.8, 4) is 0 Å². The second kappa shape index (κ2) is 24.4. The molecule has 0 spiro atoms. The highest BCUT2D eigenvalue weighted by atomic mass is 16.4. The summed E-state index contributed by atoms with van der Waals surface area (Å²) in [6.45, 7) is 3.75. The van der Waals surface area contributed by atoms with Crippen molar-refractivity contribution in [1.29, 1.82) is 0 Å². The predicted molar refractivity (Wildman–Crippen MR) is 70.0 cm³/mol. The van der Waals surface area contributed by atoms with Crippen LogP contribution in [-0.2, 0) is 4.79 Å². The summed E-state index contributed by atoms with van der Waals surface area (Å²) in [6.07, 6.45) is 9.71. The lowest BCUT2D eigenvalue weighted by Gasteiger charge is -1.96. The Kier molecular flexibility index (Phi) is 35.9. The summed E-state index contributed by atoms with van der Waals surface area (Å²) >= 11 is 0. The maximum absolute atomic E-state index is 9.94. The summed E-state index contributed by atoms with van der Waals surface area (Å²) in [7, 11) is 0. The van der Waals surface area contributed by atoms with E-state index < -0.39 is 5.97 Å². The smallest absolute Gasteiger partial charge is 0.0639 e. The van der Waals surface area contributed by atoms with Crippen LogP contribution in [0.1, 0.15) is 52.4 Å². The second-order valence-corrected chi connectivity index (χ2v) is 3.21. The molecule has 17 heavy (non-hydrogen) atoms. The molecular weight excluding hydrogens is 220 g/mol. The fourth-order valence-corrected chi connectivity index (χ4v) is 1.05. The predicted octanol–water partition coefficient (Wildman–Crippen LogP) is 1.77. The largest absolute Gasteiger partial charge is 0.855 e. The molecule has 0 heterocycles. The van der Waals surface area contributed by atoms with Crippen molar-refractivity contribution in [3.63, 3.8) is 0 Å². The minimum atomic E-state index is -1.09. The zero-order valence-corrected chi connectivity index (χ0v) is 11.8. The minimum Gasteiger partial charge on any atom is -0.855 e. The van der Waals surface area contributed by atoms with E-state index in [1.54, 1.807) is 13.0 Å². The maximum Gasteiger partial charge on any atom is 0.0639 e. The topological polar surface area (TPSA) is 136 Å². The molecule has 0 aliphatic carbocycles. The summed E-state index contributed by atoms with van der Waals surface area (Å²) in [6, 6.07) is 0. The first-order valence-corrected chi connectivity index (χ1v) is 5.64. The molecule has 0 aliphatic heterocycles. The van der Waals surface area contributed by atoms with Gasteiger partial charge in [-0.3, -0.25) is 0 Å². The molecule has 0 fully saturated rings. The maximum atomic E-state index is 9.94. The Morgan fingerprint density at radius 3 is 1.94 bits per heavy atom. The van der Waals surface area contributed by atoms with E-state index in [0.29, 0.717) is 0 Å². The van der Waals surface area contributed by atoms with Crippen molar-refractivity contribution in [2.75, 3.05) is 6.61 Å². The Bertz CT molecular complexity index is 162. The number of aliphatic carboxylic acids is 1. The molecule has 0 atom stereocenters. The van der Waals surface area contributed by atoms with E-state index >= 15 is 0 Å². The van der Waals surface area contributed by atoms with Crippen molar-refractivity contribution >= 4 is 5.97 Å². The van der Waals surface area contributed by atoms with E-state index in [9.17, 15) is 9.90 Å². The van der Waals surface area contributed by atoms with Crippen LogP contribution in [0.2, 0.25) is 0 Å². The lowest BCUT2D eigenvalue weighted by atomic mass is 10.1. The number of allylic oxidation sites excluding steroid dienone is 1. The number of hydrogen-bond acceptors (Lipinski definition) is 3. The quantitative estimate of drug-likeness (QED) is 0.526. The highest BCUT2D eigenvalue weighted by molar-refractivity contribution is 5.77. The normalized spacial score (nSPS) is 8.65. The molecule has 0 radical (unpaired) electrons. The Balaban J connectivity index is -0.000000152. The van der Waals surface area contributed by atoms with Gasteiger partial charge in [-0.1, -0.05) is 45.6 Å². The number of carboxylic acids is 1. The Hall–Kier alpha value is -0.910. The molecule has 0 unspecified atom stereocenters. The minimum absolute atomic E-state index is 0. The van der Waals surface area contributed by atoms with Crippen LogP contribution < -0.4 is 22.5 Å². The summed E-state index contributed by atoms with van der Waals surface area (Å²) in [5.41, 5.74) is 0. The van der Waals surface area contributed by atoms with Gasteiger partial charge < -0.3 is 27.3 Å². The first kappa shape index (κ1) is 25.1. The average molecular weight is 250 g/mol. The van der Waals surface area contributed by atoms with Crippen LogP contribution in [0.3, 0.4) is 0 Å². The number of rotatable bonds is 7. The van der Waals surface area contributed by atoms with Gasteiger partial charge in [0, 0.05) is 0 Å². The number of hydrogen-bond donors (Lipinski definition) is 2. The first-order chi connectivity index (χ1) is 7.18. The highest BCUT2D eigenvalue weighted by Gasteiger charge is 1.85. The lowest BCUT2D eigenvalue weighted by molar-refractivity contribution is -0.361. The molecule has 0 rings (SSSR count). The fraction of sp³-hybridized carbons (Fsp3) is 0.750. The second-order valence-electron chi connectivity index (χ2n) is 3.21. The van der Waals surface area contributed by atoms with Gasteiger partial charge in [-0.05, 0) is 18.9 Å². The van der Waals surface area contributed by atoms with Crippen LogP contribution in [0.15, 0.2) is 12.2 Å². The number of carboxylic acid groups (broad SMARTS) is 1. The lowest BCUT2D eigenvalue weighted by Crippen LogP contribution is -2.18. The molecule has 8 N–H and O–H groups in total. The zero-order chi connectivity index (χ0) is 11.9. The number of quaternary nitrogens is 2. The monoisotopic (exact) mass is 250 g/mol. The van der Waals surface area contributed by atoms with Gasteiger partial charge in [-0.2, -0.15) is 0 Å². The summed E-state index contributed by atoms with van der Waals surface area (Å²) in [4.78, 5) is 9.94. The van der Waals surface area contributed by atoms with E-state index in [4.69, 9.17) is 5.11 Å². The van der Waals surface area contributed by atoms with E-state index in [0.717, 1.165) is 18.9 Å². The van der Waals surface area contributed by atoms with E-state index in [2.05, 4.69) is 6.92 Å². The highest BCUT2D eigenvalue weighted by Crippen LogP contribution is 2.04. The third-order valence-corrected chi connectivity index (χ3v) is 1.73. The average Bonchev–Trinajstić information content (AvgIpc) is 2.17. The molecule has 106 valence electrons. The van der Waals surface area contributed by atoms with Crippen molar-refractivity contribution in [2.45, 2.75) is 52.4 Å². The summed E-state index contributed by atoms with van der Waals surface area (Å²) < 4.78 is 0. The molecule has 0 aromatic rings. The van der Waals surface area contributed by atoms with Gasteiger partial charge in [-0.25, -0.2) is 0 Å². The Labute approximate surface area is 105 Å². The molecule has 0 aliphatic rings. The molecule has 0 saturated carbocycles. The molecule has 0 saturated heterocycles. The third-order valence-electron chi connectivity index (χ3n) is 1.73. The van der Waals surface area contributed by atoms with Gasteiger partial charge in [0.2, 0.25) is 0 Å². The Morgan fingerprint density at radius 1 is 1.06 bits per heavy atom. The van der Waals surface area contributed by atoms with Gasteiger partial charge in [0.25, 0.3) is 0 Å². The number of unbranched alkanes of at least 4 members (excludes halogenated alkanes) is 5. The fourth-order valence-electron chi connectivity index (χ4n) is 1.05. The number of carbonyl (C=O) groups excluding carboxylic acids is 1. The molecule has 0 amide bonds. The van der Waals surface area contributed by atoms with Crippen molar-refractivity contribution in [2.24, 2.45) is 0 Å².